The highest BCUT2D eigenvalue weighted by molar-refractivity contribution is 7.78. The lowest BCUT2D eigenvalue weighted by Crippen LogP contribution is -2.41. The summed E-state index contributed by atoms with van der Waals surface area (Å²) in [6.45, 7) is 4.49. The third-order valence-electron chi connectivity index (χ3n) is 7.85. The Morgan fingerprint density at radius 3 is 2.67 bits per heavy atom. The predicted molar refractivity (Wildman–Crippen MR) is 154 cm³/mol. The van der Waals surface area contributed by atoms with Crippen LogP contribution in [0.15, 0.2) is 48.7 Å². The van der Waals surface area contributed by atoms with Crippen LogP contribution >= 0.6 is 0 Å². The maximum Gasteiger partial charge on any atom is 0.319 e. The summed E-state index contributed by atoms with van der Waals surface area (Å²) in [5.41, 5.74) is 4.46. The molecule has 11 heteroatoms. The second-order valence-corrected chi connectivity index (χ2v) is 11.5. The summed E-state index contributed by atoms with van der Waals surface area (Å²) in [4.78, 5) is 38.7. The third-order valence-corrected chi connectivity index (χ3v) is 8.42. The number of amides is 4. The molecule has 2 unspecified atom stereocenters. The van der Waals surface area contributed by atoms with Gasteiger partial charge < -0.3 is 24.7 Å². The topological polar surface area (TPSA) is 136 Å². The highest BCUT2D eigenvalue weighted by atomic mass is 32.2. The van der Waals surface area contributed by atoms with E-state index in [1.54, 1.807) is 24.3 Å². The minimum Gasteiger partial charge on any atom is -0.772 e. The number of carbonyl (C=O) groups is 3. The minimum absolute atomic E-state index is 0.0849. The summed E-state index contributed by atoms with van der Waals surface area (Å²) in [6, 6.07) is 12.5. The molecule has 0 radical (unpaired) electrons. The average molecular weight is 565 g/mol. The van der Waals surface area contributed by atoms with Gasteiger partial charge in [-0.2, -0.15) is 0 Å². The Labute approximate surface area is 235 Å². The molecule has 2 aliphatic rings. The van der Waals surface area contributed by atoms with E-state index in [2.05, 4.69) is 46.0 Å². The molecule has 3 heterocycles. The summed E-state index contributed by atoms with van der Waals surface area (Å²) in [5, 5.41) is 9.25. The van der Waals surface area contributed by atoms with E-state index in [-0.39, 0.29) is 29.6 Å². The summed E-state index contributed by atoms with van der Waals surface area (Å²) in [6.07, 6.45) is 5.83. The number of nitrogens with one attached hydrogen (secondary N) is 3. The van der Waals surface area contributed by atoms with Crippen molar-refractivity contribution < 1.29 is 23.1 Å². The smallest absolute Gasteiger partial charge is 0.319 e. The zero-order valence-electron chi connectivity index (χ0n) is 22.5. The number of carbonyl (C=O) groups excluding carboxylic acids is 3. The van der Waals surface area contributed by atoms with Crippen molar-refractivity contribution in [1.82, 2.24) is 15.2 Å². The number of anilines is 2. The summed E-state index contributed by atoms with van der Waals surface area (Å²) < 4.78 is 23.8. The van der Waals surface area contributed by atoms with Gasteiger partial charge in [-0.05, 0) is 80.0 Å². The van der Waals surface area contributed by atoms with Gasteiger partial charge in [-0.3, -0.25) is 19.1 Å². The van der Waals surface area contributed by atoms with Crippen molar-refractivity contribution in [2.24, 2.45) is 5.92 Å². The summed E-state index contributed by atoms with van der Waals surface area (Å²) >= 11 is -2.18. The fraction of sp³-hybridized carbons (Fsp3) is 0.414. The first kappa shape index (κ1) is 27.9. The Bertz CT molecular complexity index is 1450. The average Bonchev–Trinajstić information content (AvgIpc) is 3.24. The van der Waals surface area contributed by atoms with Gasteiger partial charge in [0.15, 0.2) is 0 Å². The Kier molecular flexibility index (Phi) is 8.51. The molecule has 3 aromatic rings. The largest absolute Gasteiger partial charge is 0.772 e. The normalized spacial score (nSPS) is 18.9. The van der Waals surface area contributed by atoms with E-state index in [9.17, 15) is 23.1 Å². The van der Waals surface area contributed by atoms with Gasteiger partial charge >= 0.3 is 6.03 Å². The van der Waals surface area contributed by atoms with Crippen molar-refractivity contribution in [3.05, 3.63) is 59.8 Å². The second-order valence-electron chi connectivity index (χ2n) is 10.6. The van der Waals surface area contributed by atoms with E-state index in [1.165, 1.54) is 0 Å². The number of imide groups is 1. The molecule has 2 fully saturated rings. The molecule has 2 saturated heterocycles. The summed E-state index contributed by atoms with van der Waals surface area (Å²) in [7, 11) is 0. The van der Waals surface area contributed by atoms with Crippen LogP contribution in [0.25, 0.3) is 10.9 Å². The fourth-order valence-electron chi connectivity index (χ4n) is 5.73. The Morgan fingerprint density at radius 2 is 1.93 bits per heavy atom. The number of aryl methyl sites for hydroxylation is 1. The van der Waals surface area contributed by atoms with Crippen molar-refractivity contribution in [3.63, 3.8) is 0 Å². The van der Waals surface area contributed by atoms with Gasteiger partial charge in [0, 0.05) is 60.3 Å². The Morgan fingerprint density at radius 1 is 1.12 bits per heavy atom. The van der Waals surface area contributed by atoms with E-state index in [1.807, 2.05) is 10.8 Å². The number of aromatic nitrogens is 1. The highest BCUT2D eigenvalue weighted by Gasteiger charge is 2.29. The number of hydrogen-bond acceptors (Lipinski definition) is 6. The molecule has 4 amide bonds. The van der Waals surface area contributed by atoms with Gasteiger partial charge in [0.1, 0.15) is 6.04 Å². The molecule has 2 atom stereocenters. The number of benzene rings is 2. The van der Waals surface area contributed by atoms with Gasteiger partial charge in [0.2, 0.25) is 11.8 Å². The molecule has 0 aliphatic carbocycles. The first-order valence-electron chi connectivity index (χ1n) is 13.7. The maximum absolute atomic E-state index is 12.4. The van der Waals surface area contributed by atoms with Gasteiger partial charge in [0.25, 0.3) is 0 Å². The van der Waals surface area contributed by atoms with Crippen molar-refractivity contribution in [2.45, 2.75) is 50.8 Å². The molecular weight excluding hydrogens is 530 g/mol. The van der Waals surface area contributed by atoms with Crippen LogP contribution in [-0.4, -0.2) is 50.8 Å². The zero-order chi connectivity index (χ0) is 28.2. The number of fused-ring (bicyclic) bond motifs is 1. The first-order chi connectivity index (χ1) is 19.3. The van der Waals surface area contributed by atoms with Crippen LogP contribution in [0, 0.1) is 12.8 Å². The van der Waals surface area contributed by atoms with E-state index in [4.69, 9.17) is 0 Å². The third kappa shape index (κ3) is 6.53. The van der Waals surface area contributed by atoms with Crippen LogP contribution in [0.2, 0.25) is 0 Å². The number of hydrogen-bond donors (Lipinski definition) is 3. The quantitative estimate of drug-likeness (QED) is 0.282. The molecule has 1 aromatic heterocycles. The van der Waals surface area contributed by atoms with Crippen LogP contribution in [0.1, 0.15) is 49.3 Å². The molecule has 10 nitrogen and oxygen atoms in total. The van der Waals surface area contributed by atoms with E-state index in [0.29, 0.717) is 36.6 Å². The molecule has 0 saturated carbocycles. The van der Waals surface area contributed by atoms with E-state index < -0.39 is 11.1 Å². The van der Waals surface area contributed by atoms with Crippen molar-refractivity contribution >= 4 is 51.2 Å². The van der Waals surface area contributed by atoms with E-state index >= 15 is 0 Å². The Hall–Kier alpha value is -3.70. The zero-order valence-corrected chi connectivity index (χ0v) is 23.3. The molecule has 2 aromatic carbocycles. The van der Waals surface area contributed by atoms with Crippen molar-refractivity contribution in [1.29, 1.82) is 0 Å². The SMILES string of the molecule is Cc1cn(C2CCC(=O)NC2=O)c2ccc(N3CCC(CCNC(=O)Nc4cccc(CS(=O)[O-])c4)CC3)cc12. The number of piperidine rings is 2. The standard InChI is InChI=1S/C29H35N5O5S/c1-19-17-34(26-7-8-27(35)32-28(26)36)25-6-5-23(16-24(19)25)33-13-10-20(11-14-33)9-12-30-29(37)31-22-4-2-3-21(15-22)18-40(38)39/h2-6,15-17,20,26H,7-14,18H2,1H3,(H,38,39)(H2,30,31,37)(H,32,35,36)/p-1. The molecule has 0 spiro atoms. The molecule has 212 valence electrons. The van der Waals surface area contributed by atoms with Crippen LogP contribution in [-0.2, 0) is 26.4 Å². The van der Waals surface area contributed by atoms with E-state index in [0.717, 1.165) is 54.5 Å². The van der Waals surface area contributed by atoms with Crippen LogP contribution in [0.4, 0.5) is 16.2 Å². The lowest BCUT2D eigenvalue weighted by molar-refractivity contribution is -0.135. The predicted octanol–water partition coefficient (Wildman–Crippen LogP) is 3.73. The molecular formula is C29H34N5O5S-. The molecule has 40 heavy (non-hydrogen) atoms. The molecule has 5 rings (SSSR count). The highest BCUT2D eigenvalue weighted by Crippen LogP contribution is 2.33. The van der Waals surface area contributed by atoms with Crippen molar-refractivity contribution in [3.8, 4) is 0 Å². The number of rotatable bonds is 8. The molecule has 2 aliphatic heterocycles. The van der Waals surface area contributed by atoms with Crippen molar-refractivity contribution in [2.75, 3.05) is 29.9 Å². The minimum atomic E-state index is -2.18. The van der Waals surface area contributed by atoms with Gasteiger partial charge in [-0.25, -0.2) is 4.79 Å². The lowest BCUT2D eigenvalue weighted by Gasteiger charge is -2.34. The number of nitrogens with zero attached hydrogens (tertiary/aromatic N) is 2. The van der Waals surface area contributed by atoms with Gasteiger partial charge in [-0.15, -0.1) is 0 Å². The van der Waals surface area contributed by atoms with Gasteiger partial charge in [-0.1, -0.05) is 23.2 Å². The van der Waals surface area contributed by atoms with Crippen LogP contribution in [0.5, 0.6) is 0 Å². The Balaban J connectivity index is 1.11. The number of urea groups is 1. The maximum atomic E-state index is 12.4. The monoisotopic (exact) mass is 564 g/mol. The summed E-state index contributed by atoms with van der Waals surface area (Å²) in [5.74, 6) is -0.0159. The second kappa shape index (κ2) is 12.2. The molecule has 3 N–H and O–H groups in total. The van der Waals surface area contributed by atoms with Crippen LogP contribution < -0.4 is 20.9 Å². The first-order valence-corrected chi connectivity index (χ1v) is 14.9. The fourth-order valence-corrected chi connectivity index (χ4v) is 6.19. The molecule has 0 bridgehead atoms. The van der Waals surface area contributed by atoms with Crippen LogP contribution in [0.3, 0.4) is 0 Å². The van der Waals surface area contributed by atoms with Gasteiger partial charge in [0.05, 0.1) is 0 Å². The lowest BCUT2D eigenvalue weighted by atomic mass is 9.93.